The number of rotatable bonds is 6. The Morgan fingerprint density at radius 1 is 1.04 bits per heavy atom. The summed E-state index contributed by atoms with van der Waals surface area (Å²) in [5, 5.41) is 8.66. The Bertz CT molecular complexity index is 876. The SMILES string of the molecule is O=C(NCCNC(=O)c1nc(-c2ccccc2F)no1)c1ccco1. The summed E-state index contributed by atoms with van der Waals surface area (Å²) in [4.78, 5) is 27.4. The summed E-state index contributed by atoms with van der Waals surface area (Å²) in [6, 6.07) is 9.01. The predicted octanol–water partition coefficient (Wildman–Crippen LogP) is 1.63. The normalized spacial score (nSPS) is 10.4. The van der Waals surface area contributed by atoms with Crippen LogP contribution < -0.4 is 10.6 Å². The van der Waals surface area contributed by atoms with Gasteiger partial charge in [0.1, 0.15) is 5.82 Å². The van der Waals surface area contributed by atoms with Gasteiger partial charge in [0.25, 0.3) is 5.91 Å². The minimum absolute atomic E-state index is 0.0191. The van der Waals surface area contributed by atoms with Crippen LogP contribution in [0, 0.1) is 5.82 Å². The van der Waals surface area contributed by atoms with Gasteiger partial charge in [0.05, 0.1) is 11.8 Å². The smallest absolute Gasteiger partial charge is 0.316 e. The number of aromatic nitrogens is 2. The van der Waals surface area contributed by atoms with E-state index in [0.717, 1.165) is 0 Å². The molecule has 25 heavy (non-hydrogen) atoms. The molecule has 2 heterocycles. The highest BCUT2D eigenvalue weighted by Crippen LogP contribution is 2.18. The first-order chi connectivity index (χ1) is 12.1. The molecule has 2 amide bonds. The highest BCUT2D eigenvalue weighted by molar-refractivity contribution is 5.91. The molecule has 3 aromatic rings. The average Bonchev–Trinajstić information content (AvgIpc) is 3.30. The molecule has 0 saturated carbocycles. The van der Waals surface area contributed by atoms with E-state index in [1.807, 2.05) is 0 Å². The topological polar surface area (TPSA) is 110 Å². The zero-order valence-corrected chi connectivity index (χ0v) is 12.9. The van der Waals surface area contributed by atoms with E-state index in [0.29, 0.717) is 0 Å². The van der Waals surface area contributed by atoms with Gasteiger partial charge in [-0.3, -0.25) is 9.59 Å². The van der Waals surface area contributed by atoms with Gasteiger partial charge >= 0.3 is 11.8 Å². The van der Waals surface area contributed by atoms with E-state index in [-0.39, 0.29) is 42.0 Å². The minimum atomic E-state index is -0.623. The number of hydrogen-bond acceptors (Lipinski definition) is 6. The number of halogens is 1. The molecular weight excluding hydrogens is 331 g/mol. The van der Waals surface area contributed by atoms with Crippen LogP contribution in [0.3, 0.4) is 0 Å². The monoisotopic (exact) mass is 344 g/mol. The molecule has 2 aromatic heterocycles. The Morgan fingerprint density at radius 2 is 1.80 bits per heavy atom. The van der Waals surface area contributed by atoms with Crippen molar-refractivity contribution in [2.75, 3.05) is 13.1 Å². The Labute approximate surface area is 141 Å². The van der Waals surface area contributed by atoms with Gasteiger partial charge in [-0.1, -0.05) is 17.3 Å². The van der Waals surface area contributed by atoms with E-state index in [9.17, 15) is 14.0 Å². The fraction of sp³-hybridized carbons (Fsp3) is 0.125. The number of nitrogens with one attached hydrogen (secondary N) is 2. The molecule has 0 aliphatic carbocycles. The van der Waals surface area contributed by atoms with Crippen LogP contribution in [-0.4, -0.2) is 35.0 Å². The van der Waals surface area contributed by atoms with Crippen LogP contribution in [0.4, 0.5) is 4.39 Å². The number of amides is 2. The van der Waals surface area contributed by atoms with Crippen LogP contribution in [-0.2, 0) is 0 Å². The molecule has 8 nitrogen and oxygen atoms in total. The van der Waals surface area contributed by atoms with Gasteiger partial charge in [-0.15, -0.1) is 0 Å². The fourth-order valence-electron chi connectivity index (χ4n) is 1.99. The molecule has 2 N–H and O–H groups in total. The van der Waals surface area contributed by atoms with Crippen molar-refractivity contribution in [1.82, 2.24) is 20.8 Å². The quantitative estimate of drug-likeness (QED) is 0.658. The standard InChI is InChI=1S/C16H13FN4O4/c17-11-5-2-1-4-10(11)13-20-16(25-21-13)15(23)19-8-7-18-14(22)12-6-3-9-24-12/h1-6,9H,7-8H2,(H,18,22)(H,19,23). The van der Waals surface area contributed by atoms with Crippen molar-refractivity contribution in [2.24, 2.45) is 0 Å². The van der Waals surface area contributed by atoms with Crippen molar-refractivity contribution in [1.29, 1.82) is 0 Å². The molecule has 0 fully saturated rings. The Morgan fingerprint density at radius 3 is 2.52 bits per heavy atom. The van der Waals surface area contributed by atoms with E-state index in [1.54, 1.807) is 12.1 Å². The number of hydrogen-bond donors (Lipinski definition) is 2. The van der Waals surface area contributed by atoms with Gasteiger partial charge in [-0.2, -0.15) is 4.98 Å². The second-order valence-corrected chi connectivity index (χ2v) is 4.89. The van der Waals surface area contributed by atoms with Crippen LogP contribution in [0.15, 0.2) is 51.6 Å². The van der Waals surface area contributed by atoms with Crippen molar-refractivity contribution in [3.63, 3.8) is 0 Å². The highest BCUT2D eigenvalue weighted by Gasteiger charge is 2.17. The van der Waals surface area contributed by atoms with Gasteiger partial charge in [0, 0.05) is 13.1 Å². The molecule has 0 bridgehead atoms. The summed E-state index contributed by atoms with van der Waals surface area (Å²) in [7, 11) is 0. The molecule has 0 unspecified atom stereocenters. The summed E-state index contributed by atoms with van der Waals surface area (Å²) in [6.45, 7) is 0.322. The van der Waals surface area contributed by atoms with Crippen molar-refractivity contribution in [3.8, 4) is 11.4 Å². The number of nitrogens with zero attached hydrogens (tertiary/aromatic N) is 2. The lowest BCUT2D eigenvalue weighted by Crippen LogP contribution is -2.34. The predicted molar refractivity (Wildman–Crippen MR) is 83.1 cm³/mol. The first-order valence-electron chi connectivity index (χ1n) is 7.33. The Kier molecular flexibility index (Phi) is 4.84. The third kappa shape index (κ3) is 3.89. The summed E-state index contributed by atoms with van der Waals surface area (Å²) in [5.74, 6) is -1.67. The second-order valence-electron chi connectivity index (χ2n) is 4.89. The Hall–Kier alpha value is -3.49. The second kappa shape index (κ2) is 7.39. The molecule has 3 rings (SSSR count). The third-order valence-corrected chi connectivity index (χ3v) is 3.18. The lowest BCUT2D eigenvalue weighted by molar-refractivity contribution is 0.0891. The molecule has 9 heteroatoms. The van der Waals surface area contributed by atoms with Crippen LogP contribution in [0.2, 0.25) is 0 Å². The third-order valence-electron chi connectivity index (χ3n) is 3.18. The van der Waals surface area contributed by atoms with E-state index in [1.165, 1.54) is 30.5 Å². The van der Waals surface area contributed by atoms with Crippen molar-refractivity contribution < 1.29 is 22.9 Å². The van der Waals surface area contributed by atoms with Crippen LogP contribution in [0.25, 0.3) is 11.4 Å². The van der Waals surface area contributed by atoms with E-state index >= 15 is 0 Å². The van der Waals surface area contributed by atoms with E-state index in [4.69, 9.17) is 8.94 Å². The molecule has 1 aromatic carbocycles. The number of carbonyl (C=O) groups is 2. The average molecular weight is 344 g/mol. The van der Waals surface area contributed by atoms with Gasteiger partial charge in [0.2, 0.25) is 5.82 Å². The molecule has 0 saturated heterocycles. The van der Waals surface area contributed by atoms with E-state index < -0.39 is 11.7 Å². The fourth-order valence-corrected chi connectivity index (χ4v) is 1.99. The summed E-state index contributed by atoms with van der Waals surface area (Å²) >= 11 is 0. The number of benzene rings is 1. The number of furan rings is 1. The maximum Gasteiger partial charge on any atom is 0.316 e. The first kappa shape index (κ1) is 16.4. The maximum atomic E-state index is 13.7. The van der Waals surface area contributed by atoms with Gasteiger partial charge in [-0.25, -0.2) is 4.39 Å². The molecule has 0 atom stereocenters. The van der Waals surface area contributed by atoms with Crippen LogP contribution in [0.5, 0.6) is 0 Å². The lowest BCUT2D eigenvalue weighted by Gasteiger charge is -2.03. The molecule has 0 radical (unpaired) electrons. The molecule has 0 aliphatic heterocycles. The highest BCUT2D eigenvalue weighted by atomic mass is 19.1. The van der Waals surface area contributed by atoms with Crippen LogP contribution >= 0.6 is 0 Å². The van der Waals surface area contributed by atoms with Gasteiger partial charge in [0.15, 0.2) is 5.76 Å². The zero-order chi connectivity index (χ0) is 17.6. The first-order valence-corrected chi connectivity index (χ1v) is 7.33. The van der Waals surface area contributed by atoms with Gasteiger partial charge in [-0.05, 0) is 24.3 Å². The zero-order valence-electron chi connectivity index (χ0n) is 12.9. The summed E-state index contributed by atoms with van der Waals surface area (Å²) in [5.41, 5.74) is 0.135. The molecule has 0 spiro atoms. The van der Waals surface area contributed by atoms with Crippen molar-refractivity contribution in [2.45, 2.75) is 0 Å². The Balaban J connectivity index is 1.51. The largest absolute Gasteiger partial charge is 0.459 e. The van der Waals surface area contributed by atoms with Gasteiger partial charge < -0.3 is 19.6 Å². The summed E-state index contributed by atoms with van der Waals surface area (Å²) in [6.07, 6.45) is 1.39. The minimum Gasteiger partial charge on any atom is -0.459 e. The summed E-state index contributed by atoms with van der Waals surface area (Å²) < 4.78 is 23.4. The maximum absolute atomic E-state index is 13.7. The molecule has 0 aliphatic rings. The van der Waals surface area contributed by atoms with E-state index in [2.05, 4.69) is 20.8 Å². The van der Waals surface area contributed by atoms with Crippen molar-refractivity contribution in [3.05, 3.63) is 60.1 Å². The molecular formula is C16H13FN4O4. The van der Waals surface area contributed by atoms with Crippen molar-refractivity contribution >= 4 is 11.8 Å². The molecule has 128 valence electrons. The lowest BCUT2D eigenvalue weighted by atomic mass is 10.2. The number of carbonyl (C=O) groups excluding carboxylic acids is 2. The van der Waals surface area contributed by atoms with Crippen LogP contribution in [0.1, 0.15) is 21.2 Å².